The van der Waals surface area contributed by atoms with Gasteiger partial charge in [-0.3, -0.25) is 4.79 Å². The highest BCUT2D eigenvalue weighted by molar-refractivity contribution is 6.29. The Labute approximate surface area is 133 Å². The second kappa shape index (κ2) is 6.32. The molecule has 1 fully saturated rings. The van der Waals surface area contributed by atoms with Crippen molar-refractivity contribution in [3.8, 4) is 0 Å². The van der Waals surface area contributed by atoms with Gasteiger partial charge in [0.25, 0.3) is 5.91 Å². The van der Waals surface area contributed by atoms with Crippen LogP contribution in [0.2, 0.25) is 5.15 Å². The molecule has 0 N–H and O–H groups in total. The van der Waals surface area contributed by atoms with Gasteiger partial charge in [0.05, 0.1) is 5.56 Å². The van der Waals surface area contributed by atoms with Crippen LogP contribution < -0.4 is 4.90 Å². The van der Waals surface area contributed by atoms with E-state index in [1.165, 1.54) is 18.3 Å². The zero-order chi connectivity index (χ0) is 15.5. The summed E-state index contributed by atoms with van der Waals surface area (Å²) in [4.78, 5) is 20.3. The number of benzene rings is 1. The third kappa shape index (κ3) is 3.20. The van der Waals surface area contributed by atoms with Gasteiger partial charge in [-0.25, -0.2) is 9.37 Å². The molecule has 0 saturated carbocycles. The van der Waals surface area contributed by atoms with Crippen molar-refractivity contribution in [1.82, 2.24) is 9.88 Å². The van der Waals surface area contributed by atoms with Gasteiger partial charge in [-0.05, 0) is 36.4 Å². The fourth-order valence-corrected chi connectivity index (χ4v) is 2.62. The van der Waals surface area contributed by atoms with E-state index in [4.69, 9.17) is 11.6 Å². The normalized spacial score (nSPS) is 15.0. The number of aromatic nitrogens is 1. The molecule has 0 spiro atoms. The first kappa shape index (κ1) is 14.8. The van der Waals surface area contributed by atoms with Crippen molar-refractivity contribution >= 4 is 23.2 Å². The SMILES string of the molecule is O=C(c1ccc(Cl)nc1)N1CCN(c2ccc(F)cc2)CC1. The van der Waals surface area contributed by atoms with E-state index in [0.29, 0.717) is 23.8 Å². The lowest BCUT2D eigenvalue weighted by molar-refractivity contribution is 0.0746. The largest absolute Gasteiger partial charge is 0.368 e. The summed E-state index contributed by atoms with van der Waals surface area (Å²) in [5.74, 6) is -0.282. The van der Waals surface area contributed by atoms with Crippen molar-refractivity contribution in [3.05, 3.63) is 59.1 Å². The Hall–Kier alpha value is -2.14. The maximum Gasteiger partial charge on any atom is 0.255 e. The number of rotatable bonds is 2. The highest BCUT2D eigenvalue weighted by Crippen LogP contribution is 2.18. The number of hydrogen-bond donors (Lipinski definition) is 0. The number of nitrogens with zero attached hydrogens (tertiary/aromatic N) is 3. The quantitative estimate of drug-likeness (QED) is 0.799. The predicted octanol–water partition coefficient (Wildman–Crippen LogP) is 2.84. The number of carbonyl (C=O) groups excluding carboxylic acids is 1. The summed E-state index contributed by atoms with van der Waals surface area (Å²) >= 11 is 5.73. The number of amides is 1. The number of piperazine rings is 1. The summed E-state index contributed by atoms with van der Waals surface area (Å²) in [6, 6.07) is 9.72. The molecule has 2 heterocycles. The summed E-state index contributed by atoms with van der Waals surface area (Å²) in [7, 11) is 0. The molecular formula is C16H15ClFN3O. The Balaban J connectivity index is 1.62. The molecule has 3 rings (SSSR count). The molecule has 6 heteroatoms. The number of anilines is 1. The lowest BCUT2D eigenvalue weighted by Gasteiger charge is -2.36. The smallest absolute Gasteiger partial charge is 0.255 e. The van der Waals surface area contributed by atoms with Crippen LogP contribution in [0.1, 0.15) is 10.4 Å². The lowest BCUT2D eigenvalue weighted by Crippen LogP contribution is -2.48. The van der Waals surface area contributed by atoms with Gasteiger partial charge in [0.15, 0.2) is 0 Å². The third-order valence-electron chi connectivity index (χ3n) is 3.73. The molecule has 22 heavy (non-hydrogen) atoms. The maximum absolute atomic E-state index is 13.0. The molecule has 1 aliphatic heterocycles. The Morgan fingerprint density at radius 3 is 2.32 bits per heavy atom. The molecule has 0 radical (unpaired) electrons. The topological polar surface area (TPSA) is 36.4 Å². The molecule has 1 saturated heterocycles. The van der Waals surface area contributed by atoms with E-state index in [1.54, 1.807) is 29.2 Å². The summed E-state index contributed by atoms with van der Waals surface area (Å²) in [5, 5.41) is 0.373. The summed E-state index contributed by atoms with van der Waals surface area (Å²) in [6.07, 6.45) is 1.50. The van der Waals surface area contributed by atoms with Crippen LogP contribution in [0.25, 0.3) is 0 Å². The van der Waals surface area contributed by atoms with E-state index < -0.39 is 0 Å². The van der Waals surface area contributed by atoms with Crippen molar-refractivity contribution < 1.29 is 9.18 Å². The van der Waals surface area contributed by atoms with Gasteiger partial charge < -0.3 is 9.80 Å². The van der Waals surface area contributed by atoms with Gasteiger partial charge in [0, 0.05) is 38.1 Å². The van der Waals surface area contributed by atoms with Crippen LogP contribution in [0, 0.1) is 5.82 Å². The molecule has 0 aliphatic carbocycles. The van der Waals surface area contributed by atoms with Gasteiger partial charge in [0.1, 0.15) is 11.0 Å². The van der Waals surface area contributed by atoms with Crippen LogP contribution in [0.15, 0.2) is 42.6 Å². The third-order valence-corrected chi connectivity index (χ3v) is 3.96. The molecule has 0 bridgehead atoms. The number of pyridine rings is 1. The second-order valence-electron chi connectivity index (χ2n) is 5.13. The van der Waals surface area contributed by atoms with Gasteiger partial charge >= 0.3 is 0 Å². The molecule has 1 aromatic carbocycles. The first-order valence-electron chi connectivity index (χ1n) is 7.05. The molecular weight excluding hydrogens is 305 g/mol. The molecule has 1 aliphatic rings. The van der Waals surface area contributed by atoms with Crippen LogP contribution in [0.3, 0.4) is 0 Å². The lowest BCUT2D eigenvalue weighted by atomic mass is 10.2. The van der Waals surface area contributed by atoms with Crippen molar-refractivity contribution in [2.45, 2.75) is 0 Å². The Morgan fingerprint density at radius 2 is 1.73 bits per heavy atom. The van der Waals surface area contributed by atoms with E-state index in [-0.39, 0.29) is 11.7 Å². The van der Waals surface area contributed by atoms with Crippen molar-refractivity contribution in [1.29, 1.82) is 0 Å². The Kier molecular flexibility index (Phi) is 4.24. The minimum Gasteiger partial charge on any atom is -0.368 e. The van der Waals surface area contributed by atoms with Gasteiger partial charge in [-0.1, -0.05) is 11.6 Å². The standard InChI is InChI=1S/C16H15ClFN3O/c17-15-6-1-12(11-19-15)16(22)21-9-7-20(8-10-21)14-4-2-13(18)3-5-14/h1-6,11H,7-10H2. The highest BCUT2D eigenvalue weighted by atomic mass is 35.5. The Morgan fingerprint density at radius 1 is 1.05 bits per heavy atom. The van der Waals surface area contributed by atoms with E-state index >= 15 is 0 Å². The molecule has 0 unspecified atom stereocenters. The molecule has 0 atom stereocenters. The van der Waals surface area contributed by atoms with Crippen LogP contribution in [0.5, 0.6) is 0 Å². The van der Waals surface area contributed by atoms with Crippen molar-refractivity contribution in [3.63, 3.8) is 0 Å². The highest BCUT2D eigenvalue weighted by Gasteiger charge is 2.22. The molecule has 4 nitrogen and oxygen atoms in total. The zero-order valence-corrected chi connectivity index (χ0v) is 12.6. The summed E-state index contributed by atoms with van der Waals surface area (Å²) in [6.45, 7) is 2.69. The minimum absolute atomic E-state index is 0.0390. The minimum atomic E-state index is -0.243. The predicted molar refractivity (Wildman–Crippen MR) is 83.8 cm³/mol. The fourth-order valence-electron chi connectivity index (χ4n) is 2.50. The zero-order valence-electron chi connectivity index (χ0n) is 11.9. The molecule has 1 amide bonds. The fraction of sp³-hybridized carbons (Fsp3) is 0.250. The second-order valence-corrected chi connectivity index (χ2v) is 5.51. The Bertz CT molecular complexity index is 652. The maximum atomic E-state index is 13.0. The van der Waals surface area contributed by atoms with Gasteiger partial charge in [-0.2, -0.15) is 0 Å². The van der Waals surface area contributed by atoms with Crippen molar-refractivity contribution in [2.24, 2.45) is 0 Å². The number of carbonyl (C=O) groups is 1. The molecule has 2 aromatic rings. The summed E-state index contributed by atoms with van der Waals surface area (Å²) in [5.41, 5.74) is 1.52. The van der Waals surface area contributed by atoms with E-state index in [2.05, 4.69) is 9.88 Å². The van der Waals surface area contributed by atoms with Gasteiger partial charge in [-0.15, -0.1) is 0 Å². The van der Waals surface area contributed by atoms with Crippen LogP contribution in [-0.2, 0) is 0 Å². The monoisotopic (exact) mass is 319 g/mol. The van der Waals surface area contributed by atoms with E-state index in [0.717, 1.165) is 18.8 Å². The van der Waals surface area contributed by atoms with Crippen LogP contribution in [-0.4, -0.2) is 42.0 Å². The molecule has 1 aromatic heterocycles. The average Bonchev–Trinajstić information content (AvgIpc) is 2.56. The van der Waals surface area contributed by atoms with E-state index in [1.807, 2.05) is 0 Å². The summed E-state index contributed by atoms with van der Waals surface area (Å²) < 4.78 is 13.0. The first-order chi connectivity index (χ1) is 10.6. The average molecular weight is 320 g/mol. The van der Waals surface area contributed by atoms with Crippen LogP contribution >= 0.6 is 11.6 Å². The number of halogens is 2. The number of hydrogen-bond acceptors (Lipinski definition) is 3. The van der Waals surface area contributed by atoms with Crippen LogP contribution in [0.4, 0.5) is 10.1 Å². The van der Waals surface area contributed by atoms with E-state index in [9.17, 15) is 9.18 Å². The van der Waals surface area contributed by atoms with Crippen molar-refractivity contribution in [2.75, 3.05) is 31.1 Å². The first-order valence-corrected chi connectivity index (χ1v) is 7.42. The molecule has 114 valence electrons. The van der Waals surface area contributed by atoms with Gasteiger partial charge in [0.2, 0.25) is 0 Å².